The van der Waals surface area contributed by atoms with Crippen molar-refractivity contribution in [1.82, 2.24) is 4.90 Å². The number of benzene rings is 1. The maximum atomic E-state index is 13.2. The molecule has 1 aromatic rings. The molecule has 5 heteroatoms. The summed E-state index contributed by atoms with van der Waals surface area (Å²) in [5.74, 6) is -1.14. The average molecular weight is 271 g/mol. The molecule has 1 aliphatic heterocycles. The van der Waals surface area contributed by atoms with Gasteiger partial charge in [-0.3, -0.25) is 4.90 Å². The maximum Gasteiger partial charge on any atom is 0.126 e. The van der Waals surface area contributed by atoms with Crippen LogP contribution in [0.5, 0.6) is 0 Å². The van der Waals surface area contributed by atoms with Crippen LogP contribution < -0.4 is 0 Å². The number of hydrogen-bond donors (Lipinski definition) is 1. The quantitative estimate of drug-likeness (QED) is 0.912. The summed E-state index contributed by atoms with van der Waals surface area (Å²) in [4.78, 5) is 2.04. The highest BCUT2D eigenvalue weighted by molar-refractivity contribution is 5.18. The highest BCUT2D eigenvalue weighted by Gasteiger charge is 2.32. The molecule has 1 aromatic carbocycles. The van der Waals surface area contributed by atoms with E-state index in [4.69, 9.17) is 4.74 Å². The van der Waals surface area contributed by atoms with Gasteiger partial charge < -0.3 is 9.84 Å². The molecule has 1 unspecified atom stereocenters. The minimum Gasteiger partial charge on any atom is -0.394 e. The van der Waals surface area contributed by atoms with Crippen LogP contribution in [0.1, 0.15) is 19.4 Å². The Balaban J connectivity index is 2.09. The number of nitrogens with zero attached hydrogens (tertiary/aromatic N) is 1. The van der Waals surface area contributed by atoms with Crippen molar-refractivity contribution in [3.8, 4) is 0 Å². The van der Waals surface area contributed by atoms with Crippen LogP contribution in [0.25, 0.3) is 0 Å². The predicted octanol–water partition coefficient (Wildman–Crippen LogP) is 1.94. The monoisotopic (exact) mass is 271 g/mol. The van der Waals surface area contributed by atoms with Crippen LogP contribution in [0, 0.1) is 11.6 Å². The van der Waals surface area contributed by atoms with Gasteiger partial charge in [0.15, 0.2) is 0 Å². The first-order valence-electron chi connectivity index (χ1n) is 6.34. The standard InChI is InChI=1S/C14H19F2NO2/c1-14(2)9-17(7-13(8-18)19-14)6-10-3-11(15)5-12(16)4-10/h3-5,13,18H,6-9H2,1-2H3. The van der Waals surface area contributed by atoms with Crippen LogP contribution in [0.15, 0.2) is 18.2 Å². The minimum atomic E-state index is -0.568. The fourth-order valence-electron chi connectivity index (χ4n) is 2.59. The molecule has 1 fully saturated rings. The van der Waals surface area contributed by atoms with E-state index >= 15 is 0 Å². The third-order valence-corrected chi connectivity index (χ3v) is 3.08. The van der Waals surface area contributed by atoms with Gasteiger partial charge in [-0.1, -0.05) is 0 Å². The number of rotatable bonds is 3. The van der Waals surface area contributed by atoms with E-state index < -0.39 is 11.6 Å². The van der Waals surface area contributed by atoms with E-state index in [0.29, 0.717) is 25.2 Å². The molecule has 1 atom stereocenters. The number of hydrogen-bond acceptors (Lipinski definition) is 3. The Morgan fingerprint density at radius 1 is 1.32 bits per heavy atom. The minimum absolute atomic E-state index is 0.0581. The van der Waals surface area contributed by atoms with E-state index in [1.54, 1.807) is 0 Å². The third-order valence-electron chi connectivity index (χ3n) is 3.08. The third kappa shape index (κ3) is 3.96. The number of aliphatic hydroxyl groups is 1. The van der Waals surface area contributed by atoms with E-state index in [1.807, 2.05) is 18.7 Å². The lowest BCUT2D eigenvalue weighted by Crippen LogP contribution is -2.53. The van der Waals surface area contributed by atoms with Crippen molar-refractivity contribution in [2.45, 2.75) is 32.1 Å². The second-order valence-electron chi connectivity index (χ2n) is 5.63. The molecule has 0 radical (unpaired) electrons. The average Bonchev–Trinajstić information content (AvgIpc) is 2.25. The van der Waals surface area contributed by atoms with Gasteiger partial charge in [0.05, 0.1) is 18.3 Å². The molecule has 0 aliphatic carbocycles. The molecule has 0 bridgehead atoms. The van der Waals surface area contributed by atoms with Crippen LogP contribution in [0.4, 0.5) is 8.78 Å². The molecule has 1 aliphatic rings. The summed E-state index contributed by atoms with van der Waals surface area (Å²) < 4.78 is 32.0. The molecule has 0 aromatic heterocycles. The second kappa shape index (κ2) is 5.53. The number of halogens is 2. The van der Waals surface area contributed by atoms with Gasteiger partial charge in [-0.25, -0.2) is 8.78 Å². The van der Waals surface area contributed by atoms with Gasteiger partial charge in [0.25, 0.3) is 0 Å². The normalized spacial score (nSPS) is 23.5. The molecule has 19 heavy (non-hydrogen) atoms. The lowest BCUT2D eigenvalue weighted by atomic mass is 10.0. The zero-order chi connectivity index (χ0) is 14.0. The van der Waals surface area contributed by atoms with Crippen LogP contribution in [0.2, 0.25) is 0 Å². The summed E-state index contributed by atoms with van der Waals surface area (Å²) in [6.07, 6.45) is -0.262. The highest BCUT2D eigenvalue weighted by atomic mass is 19.1. The van der Waals surface area contributed by atoms with E-state index in [0.717, 1.165) is 6.07 Å². The highest BCUT2D eigenvalue weighted by Crippen LogP contribution is 2.22. The molecule has 1 N–H and O–H groups in total. The van der Waals surface area contributed by atoms with Gasteiger partial charge >= 0.3 is 0 Å². The van der Waals surface area contributed by atoms with Gasteiger partial charge in [0.1, 0.15) is 11.6 Å². The van der Waals surface area contributed by atoms with Crippen LogP contribution >= 0.6 is 0 Å². The predicted molar refractivity (Wildman–Crippen MR) is 67.7 cm³/mol. The fourth-order valence-corrected chi connectivity index (χ4v) is 2.59. The smallest absolute Gasteiger partial charge is 0.126 e. The molecule has 0 saturated carbocycles. The summed E-state index contributed by atoms with van der Waals surface area (Å²) in [6.45, 7) is 5.47. The van der Waals surface area contributed by atoms with Crippen molar-refractivity contribution < 1.29 is 18.6 Å². The Morgan fingerprint density at radius 3 is 2.53 bits per heavy atom. The molecular formula is C14H19F2NO2. The molecule has 0 spiro atoms. The topological polar surface area (TPSA) is 32.7 Å². The number of morpholine rings is 1. The number of aliphatic hydroxyl groups excluding tert-OH is 1. The van der Waals surface area contributed by atoms with Gasteiger partial charge in [-0.05, 0) is 31.5 Å². The molecule has 1 heterocycles. The van der Waals surface area contributed by atoms with E-state index in [1.165, 1.54) is 12.1 Å². The molecule has 106 valence electrons. The van der Waals surface area contributed by atoms with Crippen LogP contribution in [-0.2, 0) is 11.3 Å². The SMILES string of the molecule is CC1(C)CN(Cc2cc(F)cc(F)c2)CC(CO)O1. The first kappa shape index (κ1) is 14.4. The summed E-state index contributed by atoms with van der Waals surface area (Å²) in [5, 5.41) is 9.22. The Kier molecular flexibility index (Phi) is 4.18. The second-order valence-corrected chi connectivity index (χ2v) is 5.63. The molecule has 1 saturated heterocycles. The van der Waals surface area contributed by atoms with Crippen LogP contribution in [-0.4, -0.2) is 41.4 Å². The fraction of sp³-hybridized carbons (Fsp3) is 0.571. The first-order valence-corrected chi connectivity index (χ1v) is 6.34. The van der Waals surface area contributed by atoms with Crippen molar-refractivity contribution in [1.29, 1.82) is 0 Å². The van der Waals surface area contributed by atoms with Crippen LogP contribution in [0.3, 0.4) is 0 Å². The van der Waals surface area contributed by atoms with Gasteiger partial charge in [-0.2, -0.15) is 0 Å². The molecule has 2 rings (SSSR count). The van der Waals surface area contributed by atoms with Gasteiger partial charge in [0, 0.05) is 25.7 Å². The largest absolute Gasteiger partial charge is 0.394 e. The Hall–Kier alpha value is -1.04. The Labute approximate surface area is 111 Å². The maximum absolute atomic E-state index is 13.2. The first-order chi connectivity index (χ1) is 8.88. The van der Waals surface area contributed by atoms with Crippen molar-refractivity contribution >= 4 is 0 Å². The molecule has 3 nitrogen and oxygen atoms in total. The van der Waals surface area contributed by atoms with E-state index in [-0.39, 0.29) is 18.3 Å². The summed E-state index contributed by atoms with van der Waals surface area (Å²) in [6, 6.07) is 3.53. The van der Waals surface area contributed by atoms with Crippen molar-refractivity contribution in [3.63, 3.8) is 0 Å². The molecule has 0 amide bonds. The summed E-state index contributed by atoms with van der Waals surface area (Å²) in [5.41, 5.74) is 0.212. The van der Waals surface area contributed by atoms with Gasteiger partial charge in [0.2, 0.25) is 0 Å². The van der Waals surface area contributed by atoms with E-state index in [9.17, 15) is 13.9 Å². The van der Waals surface area contributed by atoms with Crippen molar-refractivity contribution in [3.05, 3.63) is 35.4 Å². The van der Waals surface area contributed by atoms with Crippen molar-refractivity contribution in [2.24, 2.45) is 0 Å². The lowest BCUT2D eigenvalue weighted by Gasteiger charge is -2.42. The lowest BCUT2D eigenvalue weighted by molar-refractivity contribution is -0.150. The Bertz CT molecular complexity index is 431. The number of ether oxygens (including phenoxy) is 1. The van der Waals surface area contributed by atoms with Crippen molar-refractivity contribution in [2.75, 3.05) is 19.7 Å². The summed E-state index contributed by atoms with van der Waals surface area (Å²) in [7, 11) is 0. The molecular weight excluding hydrogens is 252 g/mol. The summed E-state index contributed by atoms with van der Waals surface area (Å²) >= 11 is 0. The zero-order valence-corrected chi connectivity index (χ0v) is 11.2. The zero-order valence-electron chi connectivity index (χ0n) is 11.2. The van der Waals surface area contributed by atoms with E-state index in [2.05, 4.69) is 0 Å². The Morgan fingerprint density at radius 2 is 1.95 bits per heavy atom. The van der Waals surface area contributed by atoms with Gasteiger partial charge in [-0.15, -0.1) is 0 Å².